The van der Waals surface area contributed by atoms with E-state index in [1.807, 2.05) is 62.5 Å². The number of nitrogens with one attached hydrogen (secondary N) is 2. The molecule has 0 spiro atoms. The molecule has 1 amide bonds. The summed E-state index contributed by atoms with van der Waals surface area (Å²) in [7, 11) is 1.65. The Labute approximate surface area is 214 Å². The van der Waals surface area contributed by atoms with Crippen LogP contribution < -0.4 is 14.8 Å². The van der Waals surface area contributed by atoms with Crippen molar-refractivity contribution >= 4 is 16.8 Å². The van der Waals surface area contributed by atoms with E-state index in [-0.39, 0.29) is 11.8 Å². The van der Waals surface area contributed by atoms with Gasteiger partial charge in [0.2, 0.25) is 5.88 Å². The molecule has 0 aliphatic carbocycles. The van der Waals surface area contributed by atoms with Crippen LogP contribution in [0, 0.1) is 6.92 Å². The van der Waals surface area contributed by atoms with Gasteiger partial charge < -0.3 is 19.8 Å². The van der Waals surface area contributed by atoms with Crippen molar-refractivity contribution in [2.75, 3.05) is 20.3 Å². The summed E-state index contributed by atoms with van der Waals surface area (Å²) in [5.74, 6) is 1.45. The van der Waals surface area contributed by atoms with Crippen LogP contribution >= 0.6 is 0 Å². The molecule has 2 N–H and O–H groups in total. The summed E-state index contributed by atoms with van der Waals surface area (Å²) in [6.07, 6.45) is 3.57. The molecule has 0 fully saturated rings. The van der Waals surface area contributed by atoms with Gasteiger partial charge in [-0.05, 0) is 49.2 Å². The van der Waals surface area contributed by atoms with Crippen molar-refractivity contribution in [3.05, 3.63) is 95.4 Å². The number of hydrogen-bond acceptors (Lipinski definition) is 6. The molecule has 0 saturated carbocycles. The van der Waals surface area contributed by atoms with E-state index in [1.165, 1.54) is 0 Å². The lowest BCUT2D eigenvalue weighted by atomic mass is 9.90. The summed E-state index contributed by atoms with van der Waals surface area (Å²) in [5, 5.41) is 16.8. The minimum Gasteiger partial charge on any atom is -0.497 e. The van der Waals surface area contributed by atoms with Gasteiger partial charge in [-0.1, -0.05) is 30.3 Å². The molecule has 1 atom stereocenters. The Hall–Kier alpha value is -4.66. The SMILES string of the molecule is CCOc1ccc(-n2ncc(C(=O)NC[C@@H](c3ccc(OC)cc3)c3c[nH]c4ccccc34)c2C)nn1. The van der Waals surface area contributed by atoms with Crippen molar-refractivity contribution in [3.8, 4) is 17.4 Å². The second-order valence-corrected chi connectivity index (χ2v) is 8.54. The van der Waals surface area contributed by atoms with Crippen molar-refractivity contribution in [3.63, 3.8) is 0 Å². The van der Waals surface area contributed by atoms with Crippen molar-refractivity contribution < 1.29 is 14.3 Å². The van der Waals surface area contributed by atoms with E-state index in [1.54, 1.807) is 30.1 Å². The molecule has 9 heteroatoms. The number of H-pyrrole nitrogens is 1. The molecule has 37 heavy (non-hydrogen) atoms. The number of amides is 1. The van der Waals surface area contributed by atoms with Gasteiger partial charge in [0.15, 0.2) is 5.82 Å². The van der Waals surface area contributed by atoms with Gasteiger partial charge in [-0.15, -0.1) is 10.2 Å². The maximum absolute atomic E-state index is 13.3. The molecule has 188 valence electrons. The van der Waals surface area contributed by atoms with E-state index < -0.39 is 0 Å². The summed E-state index contributed by atoms with van der Waals surface area (Å²) in [5.41, 5.74) is 4.38. The summed E-state index contributed by atoms with van der Waals surface area (Å²) in [6.45, 7) is 4.63. The van der Waals surface area contributed by atoms with Crippen LogP contribution in [0.1, 0.15) is 40.0 Å². The lowest BCUT2D eigenvalue weighted by Gasteiger charge is -2.18. The monoisotopic (exact) mass is 496 g/mol. The largest absolute Gasteiger partial charge is 0.497 e. The maximum Gasteiger partial charge on any atom is 0.254 e. The minimum absolute atomic E-state index is 0.0710. The fourth-order valence-electron chi connectivity index (χ4n) is 4.43. The number of aromatic nitrogens is 5. The molecule has 5 rings (SSSR count). The van der Waals surface area contributed by atoms with E-state index in [9.17, 15) is 4.79 Å². The molecule has 9 nitrogen and oxygen atoms in total. The zero-order valence-corrected chi connectivity index (χ0v) is 20.9. The van der Waals surface area contributed by atoms with Crippen LogP contribution in [0.15, 0.2) is 73.1 Å². The Balaban J connectivity index is 1.39. The molecule has 0 saturated heterocycles. The zero-order chi connectivity index (χ0) is 25.8. The fraction of sp³-hybridized carbons (Fsp3) is 0.214. The van der Waals surface area contributed by atoms with Gasteiger partial charge in [-0.3, -0.25) is 4.79 Å². The number of methoxy groups -OCH3 is 1. The number of aromatic amines is 1. The molecule has 3 heterocycles. The van der Waals surface area contributed by atoms with Crippen LogP contribution in [0.2, 0.25) is 0 Å². The normalized spacial score (nSPS) is 11.9. The predicted octanol–water partition coefficient (Wildman–Crippen LogP) is 4.42. The summed E-state index contributed by atoms with van der Waals surface area (Å²) >= 11 is 0. The Kier molecular flexibility index (Phi) is 6.85. The zero-order valence-electron chi connectivity index (χ0n) is 20.9. The molecule has 0 unspecified atom stereocenters. The number of fused-ring (bicyclic) bond motifs is 1. The van der Waals surface area contributed by atoms with Crippen molar-refractivity contribution in [2.24, 2.45) is 0 Å². The lowest BCUT2D eigenvalue weighted by Crippen LogP contribution is -2.29. The predicted molar refractivity (Wildman–Crippen MR) is 141 cm³/mol. The van der Waals surface area contributed by atoms with Gasteiger partial charge in [-0.25, -0.2) is 4.68 Å². The van der Waals surface area contributed by atoms with Crippen molar-refractivity contribution in [2.45, 2.75) is 19.8 Å². The molecule has 5 aromatic rings. The number of para-hydroxylation sites is 1. The third kappa shape index (κ3) is 4.88. The van der Waals surface area contributed by atoms with E-state index in [0.29, 0.717) is 36.1 Å². The Morgan fingerprint density at radius 3 is 2.62 bits per heavy atom. The van der Waals surface area contributed by atoms with Crippen LogP contribution in [-0.2, 0) is 0 Å². The molecule has 3 aromatic heterocycles. The summed E-state index contributed by atoms with van der Waals surface area (Å²) in [4.78, 5) is 16.6. The van der Waals surface area contributed by atoms with Crippen molar-refractivity contribution in [1.82, 2.24) is 30.3 Å². The molecule has 0 aliphatic heterocycles. The average molecular weight is 497 g/mol. The summed E-state index contributed by atoms with van der Waals surface area (Å²) in [6, 6.07) is 19.6. The van der Waals surface area contributed by atoms with E-state index >= 15 is 0 Å². The third-order valence-electron chi connectivity index (χ3n) is 6.37. The first-order valence-electron chi connectivity index (χ1n) is 12.1. The van der Waals surface area contributed by atoms with Gasteiger partial charge in [0.25, 0.3) is 5.91 Å². The third-order valence-corrected chi connectivity index (χ3v) is 6.37. The quantitative estimate of drug-likeness (QED) is 0.313. The molecular weight excluding hydrogens is 468 g/mol. The van der Waals surface area contributed by atoms with Crippen LogP contribution in [-0.4, -0.2) is 51.1 Å². The smallest absolute Gasteiger partial charge is 0.254 e. The van der Waals surface area contributed by atoms with Crippen LogP contribution in [0.4, 0.5) is 0 Å². The fourth-order valence-corrected chi connectivity index (χ4v) is 4.43. The highest BCUT2D eigenvalue weighted by molar-refractivity contribution is 5.95. The van der Waals surface area contributed by atoms with E-state index in [0.717, 1.165) is 27.8 Å². The number of carbonyl (C=O) groups is 1. The van der Waals surface area contributed by atoms with Gasteiger partial charge in [0.1, 0.15) is 5.75 Å². The molecule has 0 aliphatic rings. The first kappa shape index (κ1) is 24.1. The summed E-state index contributed by atoms with van der Waals surface area (Å²) < 4.78 is 12.3. The van der Waals surface area contributed by atoms with Crippen molar-refractivity contribution in [1.29, 1.82) is 0 Å². The highest BCUT2D eigenvalue weighted by atomic mass is 16.5. The topological polar surface area (TPSA) is 107 Å². The van der Waals surface area contributed by atoms with Gasteiger partial charge in [0.05, 0.1) is 31.2 Å². The number of carbonyl (C=O) groups excluding carboxylic acids is 1. The maximum atomic E-state index is 13.3. The number of rotatable bonds is 9. The molecule has 2 aromatic carbocycles. The van der Waals surface area contributed by atoms with Gasteiger partial charge >= 0.3 is 0 Å². The van der Waals surface area contributed by atoms with E-state index in [2.05, 4.69) is 31.7 Å². The van der Waals surface area contributed by atoms with Crippen LogP contribution in [0.25, 0.3) is 16.7 Å². The molecular formula is C28H28N6O3. The number of ether oxygens (including phenoxy) is 2. The lowest BCUT2D eigenvalue weighted by molar-refractivity contribution is 0.0952. The Morgan fingerprint density at radius 1 is 1.08 bits per heavy atom. The highest BCUT2D eigenvalue weighted by Crippen LogP contribution is 2.31. The van der Waals surface area contributed by atoms with Crippen LogP contribution in [0.3, 0.4) is 0 Å². The van der Waals surface area contributed by atoms with Gasteiger partial charge in [0, 0.05) is 35.6 Å². The van der Waals surface area contributed by atoms with E-state index in [4.69, 9.17) is 9.47 Å². The minimum atomic E-state index is -0.207. The standard InChI is InChI=1S/C28H28N6O3/c1-4-37-27-14-13-26(32-33-27)34-18(2)22(17-31-34)28(35)30-15-23(19-9-11-20(36-3)12-10-19)24-16-29-25-8-6-5-7-21(24)25/h5-14,16-17,23,29H,4,15H2,1-3H3,(H,30,35)/t23-/m0/s1. The Bertz CT molecular complexity index is 1510. The second kappa shape index (κ2) is 10.5. The first-order chi connectivity index (χ1) is 18.1. The van der Waals surface area contributed by atoms with Gasteiger partial charge in [-0.2, -0.15) is 5.10 Å². The molecule has 0 radical (unpaired) electrons. The number of nitrogens with zero attached hydrogens (tertiary/aromatic N) is 4. The first-order valence-corrected chi connectivity index (χ1v) is 12.1. The highest BCUT2D eigenvalue weighted by Gasteiger charge is 2.22. The number of benzene rings is 2. The molecule has 0 bridgehead atoms. The average Bonchev–Trinajstić information content (AvgIpc) is 3.53. The number of hydrogen-bond donors (Lipinski definition) is 2. The van der Waals surface area contributed by atoms with Crippen LogP contribution in [0.5, 0.6) is 11.6 Å². The Morgan fingerprint density at radius 2 is 1.89 bits per heavy atom. The second-order valence-electron chi connectivity index (χ2n) is 8.54.